The van der Waals surface area contributed by atoms with Gasteiger partial charge in [0.05, 0.1) is 28.9 Å². The summed E-state index contributed by atoms with van der Waals surface area (Å²) < 4.78 is 1.01. The number of aryl methyl sites for hydroxylation is 2. The zero-order valence-electron chi connectivity index (χ0n) is 16.2. The second-order valence-corrected chi connectivity index (χ2v) is 8.40. The number of pyridine rings is 1. The Labute approximate surface area is 178 Å². The minimum absolute atomic E-state index is 0.0101. The Morgan fingerprint density at radius 2 is 1.97 bits per heavy atom. The van der Waals surface area contributed by atoms with Crippen molar-refractivity contribution in [3.05, 3.63) is 88.2 Å². The van der Waals surface area contributed by atoms with E-state index in [1.54, 1.807) is 11.1 Å². The van der Waals surface area contributed by atoms with Gasteiger partial charge in [-0.3, -0.25) is 14.7 Å². The number of anilines is 1. The number of hydrogen-bond acceptors (Lipinski definition) is 4. The molecule has 0 saturated carbocycles. The Morgan fingerprint density at radius 3 is 2.72 bits per heavy atom. The summed E-state index contributed by atoms with van der Waals surface area (Å²) >= 11 is 7.76. The average Bonchev–Trinajstić information content (AvgIpc) is 3.14. The highest BCUT2D eigenvalue weighted by molar-refractivity contribution is 7.22. The maximum Gasteiger partial charge on any atom is 0.233 e. The summed E-state index contributed by atoms with van der Waals surface area (Å²) in [4.78, 5) is 24.2. The molecule has 0 radical (unpaired) electrons. The molecule has 4 rings (SSSR count). The quantitative estimate of drug-likeness (QED) is 0.413. The molecule has 146 valence electrons. The lowest BCUT2D eigenvalue weighted by molar-refractivity contribution is -0.118. The summed E-state index contributed by atoms with van der Waals surface area (Å²) in [5.41, 5.74) is 4.71. The summed E-state index contributed by atoms with van der Waals surface area (Å²) in [7, 11) is 0. The van der Waals surface area contributed by atoms with Gasteiger partial charge in [0.25, 0.3) is 0 Å². The zero-order chi connectivity index (χ0) is 20.4. The normalized spacial score (nSPS) is 11.0. The largest absolute Gasteiger partial charge is 0.282 e. The van der Waals surface area contributed by atoms with Crippen molar-refractivity contribution >= 4 is 44.2 Å². The number of halogens is 1. The molecule has 1 amide bonds. The Bertz CT molecular complexity index is 1170. The van der Waals surface area contributed by atoms with Gasteiger partial charge in [-0.15, -0.1) is 0 Å². The molecule has 0 unspecified atom stereocenters. The predicted octanol–water partition coefficient (Wildman–Crippen LogP) is 5.74. The molecule has 0 aliphatic carbocycles. The molecule has 0 bridgehead atoms. The van der Waals surface area contributed by atoms with Crippen LogP contribution < -0.4 is 4.90 Å². The lowest BCUT2D eigenvalue weighted by Crippen LogP contribution is -2.32. The van der Waals surface area contributed by atoms with Crippen LogP contribution in [-0.2, 0) is 17.8 Å². The van der Waals surface area contributed by atoms with Gasteiger partial charge in [0.15, 0.2) is 5.13 Å². The van der Waals surface area contributed by atoms with Crippen molar-refractivity contribution < 1.29 is 4.79 Å². The Hall–Kier alpha value is -2.76. The van der Waals surface area contributed by atoms with Gasteiger partial charge in [-0.05, 0) is 49.2 Å². The third-order valence-electron chi connectivity index (χ3n) is 4.75. The lowest BCUT2D eigenvalue weighted by Gasteiger charge is -2.19. The molecule has 2 heterocycles. The first kappa shape index (κ1) is 19.6. The van der Waals surface area contributed by atoms with Gasteiger partial charge in [0.1, 0.15) is 0 Å². The van der Waals surface area contributed by atoms with Gasteiger partial charge in [-0.2, -0.15) is 0 Å². The Kier molecular flexibility index (Phi) is 5.60. The smallest absolute Gasteiger partial charge is 0.233 e. The third-order valence-corrected chi connectivity index (χ3v) is 6.21. The number of thiazole rings is 1. The van der Waals surface area contributed by atoms with Crippen LogP contribution in [0.15, 0.2) is 60.8 Å². The monoisotopic (exact) mass is 421 g/mol. The molecule has 29 heavy (non-hydrogen) atoms. The topological polar surface area (TPSA) is 46.1 Å². The first-order valence-corrected chi connectivity index (χ1v) is 10.5. The SMILES string of the molecule is Cc1cccc(CC(=O)N(Cc2ccccn2)c2nc3c(C)c(Cl)ccc3s2)c1. The lowest BCUT2D eigenvalue weighted by atomic mass is 10.1. The molecule has 0 N–H and O–H groups in total. The molecule has 0 aliphatic heterocycles. The van der Waals surface area contributed by atoms with Crippen LogP contribution in [0, 0.1) is 13.8 Å². The van der Waals surface area contributed by atoms with E-state index in [4.69, 9.17) is 16.6 Å². The van der Waals surface area contributed by atoms with Crippen molar-refractivity contribution in [2.75, 3.05) is 4.90 Å². The summed E-state index contributed by atoms with van der Waals surface area (Å²) in [5.74, 6) is -0.0101. The predicted molar refractivity (Wildman–Crippen MR) is 120 cm³/mol. The van der Waals surface area contributed by atoms with E-state index in [0.717, 1.165) is 32.6 Å². The summed E-state index contributed by atoms with van der Waals surface area (Å²) in [6.07, 6.45) is 2.05. The molecule has 6 heteroatoms. The average molecular weight is 422 g/mol. The van der Waals surface area contributed by atoms with Crippen molar-refractivity contribution in [3.63, 3.8) is 0 Å². The molecule has 0 spiro atoms. The molecule has 0 saturated heterocycles. The number of carbonyl (C=O) groups is 1. The summed E-state index contributed by atoms with van der Waals surface area (Å²) in [6, 6.07) is 17.6. The van der Waals surface area contributed by atoms with Crippen LogP contribution in [0.25, 0.3) is 10.2 Å². The molecule has 0 fully saturated rings. The van der Waals surface area contributed by atoms with Crippen LogP contribution in [0.1, 0.15) is 22.4 Å². The van der Waals surface area contributed by atoms with E-state index in [2.05, 4.69) is 4.98 Å². The first-order chi connectivity index (χ1) is 14.0. The molecule has 4 nitrogen and oxygen atoms in total. The van der Waals surface area contributed by atoms with Gasteiger partial charge in [0, 0.05) is 11.2 Å². The number of fused-ring (bicyclic) bond motifs is 1. The molecule has 2 aromatic heterocycles. The first-order valence-electron chi connectivity index (χ1n) is 9.33. The van der Waals surface area contributed by atoms with Gasteiger partial charge >= 0.3 is 0 Å². The molecule has 0 atom stereocenters. The van der Waals surface area contributed by atoms with Gasteiger partial charge < -0.3 is 0 Å². The van der Waals surface area contributed by atoms with Crippen LogP contribution in [0.4, 0.5) is 5.13 Å². The standard InChI is InChI=1S/C23H20ClN3OS/c1-15-6-5-7-17(12-15)13-21(28)27(14-18-8-3-4-11-25-18)23-26-22-16(2)19(24)9-10-20(22)29-23/h3-12H,13-14H2,1-2H3. The fourth-order valence-electron chi connectivity index (χ4n) is 3.21. The fraction of sp³-hybridized carbons (Fsp3) is 0.174. The number of hydrogen-bond donors (Lipinski definition) is 0. The molecule has 4 aromatic rings. The molecule has 2 aromatic carbocycles. The highest BCUT2D eigenvalue weighted by atomic mass is 35.5. The Morgan fingerprint density at radius 1 is 1.10 bits per heavy atom. The number of rotatable bonds is 5. The van der Waals surface area contributed by atoms with E-state index in [-0.39, 0.29) is 5.91 Å². The third kappa shape index (κ3) is 4.31. The summed E-state index contributed by atoms with van der Waals surface area (Å²) in [6.45, 7) is 4.35. The number of amides is 1. The van der Waals surface area contributed by atoms with E-state index < -0.39 is 0 Å². The van der Waals surface area contributed by atoms with E-state index in [1.165, 1.54) is 11.3 Å². The van der Waals surface area contributed by atoms with Crippen LogP contribution in [0.5, 0.6) is 0 Å². The number of nitrogens with zero attached hydrogens (tertiary/aromatic N) is 3. The second-order valence-electron chi connectivity index (χ2n) is 6.98. The van der Waals surface area contributed by atoms with Crippen molar-refractivity contribution in [2.45, 2.75) is 26.8 Å². The van der Waals surface area contributed by atoms with Gasteiger partial charge in [-0.1, -0.05) is 58.8 Å². The van der Waals surface area contributed by atoms with E-state index in [9.17, 15) is 4.79 Å². The van der Waals surface area contributed by atoms with Gasteiger partial charge in [-0.25, -0.2) is 4.98 Å². The van der Waals surface area contributed by atoms with E-state index in [0.29, 0.717) is 23.1 Å². The minimum atomic E-state index is -0.0101. The van der Waals surface area contributed by atoms with E-state index >= 15 is 0 Å². The van der Waals surface area contributed by atoms with Crippen molar-refractivity contribution in [1.29, 1.82) is 0 Å². The van der Waals surface area contributed by atoms with Crippen LogP contribution in [0.3, 0.4) is 0 Å². The minimum Gasteiger partial charge on any atom is -0.282 e. The van der Waals surface area contributed by atoms with Crippen LogP contribution >= 0.6 is 22.9 Å². The number of aromatic nitrogens is 2. The maximum atomic E-state index is 13.3. The van der Waals surface area contributed by atoms with Crippen LogP contribution in [0.2, 0.25) is 5.02 Å². The van der Waals surface area contributed by atoms with Gasteiger partial charge in [0.2, 0.25) is 5.91 Å². The van der Waals surface area contributed by atoms with Crippen molar-refractivity contribution in [3.8, 4) is 0 Å². The highest BCUT2D eigenvalue weighted by Gasteiger charge is 2.22. The van der Waals surface area contributed by atoms with Crippen molar-refractivity contribution in [2.24, 2.45) is 0 Å². The maximum absolute atomic E-state index is 13.3. The highest BCUT2D eigenvalue weighted by Crippen LogP contribution is 2.34. The Balaban J connectivity index is 1.72. The summed E-state index contributed by atoms with van der Waals surface area (Å²) in [5, 5.41) is 1.34. The molecular formula is C23H20ClN3OS. The zero-order valence-corrected chi connectivity index (χ0v) is 17.8. The fourth-order valence-corrected chi connectivity index (χ4v) is 4.41. The van der Waals surface area contributed by atoms with Crippen LogP contribution in [-0.4, -0.2) is 15.9 Å². The number of carbonyl (C=O) groups excluding carboxylic acids is 1. The number of benzene rings is 2. The van der Waals surface area contributed by atoms with E-state index in [1.807, 2.05) is 68.4 Å². The molecular weight excluding hydrogens is 402 g/mol. The molecule has 0 aliphatic rings. The second kappa shape index (κ2) is 8.31. The van der Waals surface area contributed by atoms with Crippen molar-refractivity contribution in [1.82, 2.24) is 9.97 Å².